The Kier molecular flexibility index (Phi) is 5.14. The Morgan fingerprint density at radius 2 is 1.82 bits per heavy atom. The zero-order chi connectivity index (χ0) is 15.9. The highest BCUT2D eigenvalue weighted by molar-refractivity contribution is 6.39. The average molecular weight is 298 g/mol. The van der Waals surface area contributed by atoms with Crippen LogP contribution in [0.5, 0.6) is 5.75 Å². The lowest BCUT2D eigenvalue weighted by Gasteiger charge is -2.09. The summed E-state index contributed by atoms with van der Waals surface area (Å²) >= 11 is 0. The van der Waals surface area contributed by atoms with Crippen LogP contribution in [0.1, 0.15) is 11.1 Å². The predicted octanol–water partition coefficient (Wildman–Crippen LogP) is 2.26. The van der Waals surface area contributed by atoms with E-state index in [0.717, 1.165) is 11.1 Å². The Bertz CT molecular complexity index is 683. The van der Waals surface area contributed by atoms with Crippen molar-refractivity contribution in [2.24, 2.45) is 0 Å². The van der Waals surface area contributed by atoms with Gasteiger partial charge in [0.1, 0.15) is 5.75 Å². The molecule has 2 amide bonds. The molecule has 0 fully saturated rings. The lowest BCUT2D eigenvalue weighted by Crippen LogP contribution is -2.35. The number of amides is 2. The minimum atomic E-state index is -0.707. The van der Waals surface area contributed by atoms with Gasteiger partial charge in [0.05, 0.1) is 7.11 Å². The van der Waals surface area contributed by atoms with Crippen LogP contribution in [0, 0.1) is 6.92 Å². The van der Waals surface area contributed by atoms with E-state index in [4.69, 9.17) is 4.74 Å². The van der Waals surface area contributed by atoms with E-state index in [0.29, 0.717) is 18.0 Å². The first-order chi connectivity index (χ1) is 10.6. The van der Waals surface area contributed by atoms with Gasteiger partial charge in [-0.1, -0.05) is 30.3 Å². The molecule has 0 spiro atoms. The van der Waals surface area contributed by atoms with Gasteiger partial charge in [-0.3, -0.25) is 9.59 Å². The standard InChI is InChI=1S/C17H18N2O3/c1-12-6-3-4-7-13(12)11-18-16(20)17(21)19-14-8-5-9-15(10-14)22-2/h3-10H,11H2,1-2H3,(H,18,20)(H,19,21). The maximum atomic E-state index is 11.9. The van der Waals surface area contributed by atoms with Crippen LogP contribution in [0.25, 0.3) is 0 Å². The molecule has 2 N–H and O–H groups in total. The van der Waals surface area contributed by atoms with Crippen LogP contribution >= 0.6 is 0 Å². The van der Waals surface area contributed by atoms with Crippen LogP contribution in [0.3, 0.4) is 0 Å². The Morgan fingerprint density at radius 1 is 1.05 bits per heavy atom. The Labute approximate surface area is 129 Å². The Balaban J connectivity index is 1.92. The van der Waals surface area contributed by atoms with Gasteiger partial charge in [0.15, 0.2) is 0 Å². The van der Waals surface area contributed by atoms with Crippen molar-refractivity contribution in [3.63, 3.8) is 0 Å². The molecule has 0 aliphatic carbocycles. The number of rotatable bonds is 4. The van der Waals surface area contributed by atoms with E-state index in [1.165, 1.54) is 7.11 Å². The van der Waals surface area contributed by atoms with Gasteiger partial charge < -0.3 is 15.4 Å². The van der Waals surface area contributed by atoms with E-state index in [9.17, 15) is 9.59 Å². The summed E-state index contributed by atoms with van der Waals surface area (Å²) in [6, 6.07) is 14.5. The summed E-state index contributed by atoms with van der Waals surface area (Å²) in [5, 5.41) is 5.14. The molecular formula is C17H18N2O3. The number of nitrogens with one attached hydrogen (secondary N) is 2. The maximum Gasteiger partial charge on any atom is 0.313 e. The van der Waals surface area contributed by atoms with E-state index in [1.54, 1.807) is 24.3 Å². The molecule has 2 aromatic rings. The van der Waals surface area contributed by atoms with Crippen molar-refractivity contribution in [2.45, 2.75) is 13.5 Å². The minimum absolute atomic E-state index is 0.317. The maximum absolute atomic E-state index is 11.9. The molecule has 5 nitrogen and oxygen atoms in total. The van der Waals surface area contributed by atoms with Crippen LogP contribution < -0.4 is 15.4 Å². The molecule has 0 unspecified atom stereocenters. The molecule has 2 aromatic carbocycles. The SMILES string of the molecule is COc1cccc(NC(=O)C(=O)NCc2ccccc2C)c1. The third-order valence-corrected chi connectivity index (χ3v) is 3.23. The third-order valence-electron chi connectivity index (χ3n) is 3.23. The van der Waals surface area contributed by atoms with E-state index in [1.807, 2.05) is 31.2 Å². The second-order valence-corrected chi connectivity index (χ2v) is 4.80. The van der Waals surface area contributed by atoms with E-state index in [-0.39, 0.29) is 0 Å². The number of anilines is 1. The van der Waals surface area contributed by atoms with Gasteiger partial charge in [0, 0.05) is 18.3 Å². The summed E-state index contributed by atoms with van der Waals surface area (Å²) in [5.41, 5.74) is 2.55. The van der Waals surface area contributed by atoms with Gasteiger partial charge in [-0.25, -0.2) is 0 Å². The predicted molar refractivity (Wildman–Crippen MR) is 84.6 cm³/mol. The third kappa shape index (κ3) is 4.09. The number of benzene rings is 2. The molecule has 22 heavy (non-hydrogen) atoms. The van der Waals surface area contributed by atoms with Gasteiger partial charge in [0.2, 0.25) is 0 Å². The summed E-state index contributed by atoms with van der Waals surface area (Å²) < 4.78 is 5.06. The largest absolute Gasteiger partial charge is 0.497 e. The molecule has 0 atom stereocenters. The molecule has 0 heterocycles. The van der Waals surface area contributed by atoms with Crippen molar-refractivity contribution in [3.8, 4) is 5.75 Å². The number of hydrogen-bond acceptors (Lipinski definition) is 3. The zero-order valence-electron chi connectivity index (χ0n) is 12.6. The normalized spacial score (nSPS) is 9.91. The minimum Gasteiger partial charge on any atom is -0.497 e. The number of ether oxygens (including phenoxy) is 1. The summed E-state index contributed by atoms with van der Waals surface area (Å²) in [5.74, 6) is -0.772. The molecule has 0 aliphatic rings. The molecule has 0 aromatic heterocycles. The second kappa shape index (κ2) is 7.26. The van der Waals surface area contributed by atoms with Gasteiger partial charge in [-0.05, 0) is 30.2 Å². The number of carbonyl (C=O) groups excluding carboxylic acids is 2. The second-order valence-electron chi connectivity index (χ2n) is 4.80. The average Bonchev–Trinajstić information content (AvgIpc) is 2.54. The van der Waals surface area contributed by atoms with Crippen molar-refractivity contribution in [3.05, 3.63) is 59.7 Å². The highest BCUT2D eigenvalue weighted by atomic mass is 16.5. The van der Waals surface area contributed by atoms with Crippen LogP contribution in [0.15, 0.2) is 48.5 Å². The smallest absolute Gasteiger partial charge is 0.313 e. The van der Waals surface area contributed by atoms with E-state index in [2.05, 4.69) is 10.6 Å². The summed E-state index contributed by atoms with van der Waals surface area (Å²) in [7, 11) is 1.54. The first-order valence-corrected chi connectivity index (χ1v) is 6.88. The monoisotopic (exact) mass is 298 g/mol. The molecule has 5 heteroatoms. The van der Waals surface area contributed by atoms with Crippen molar-refractivity contribution in [1.29, 1.82) is 0 Å². The molecule has 0 bridgehead atoms. The zero-order valence-corrected chi connectivity index (χ0v) is 12.6. The fourth-order valence-corrected chi connectivity index (χ4v) is 1.95. The van der Waals surface area contributed by atoms with E-state index >= 15 is 0 Å². The molecule has 114 valence electrons. The molecule has 0 saturated heterocycles. The molecule has 0 saturated carbocycles. The molecule has 0 radical (unpaired) electrons. The Hall–Kier alpha value is -2.82. The van der Waals surface area contributed by atoms with Crippen LogP contribution in [-0.4, -0.2) is 18.9 Å². The summed E-state index contributed by atoms with van der Waals surface area (Å²) in [6.07, 6.45) is 0. The molecule has 2 rings (SSSR count). The summed E-state index contributed by atoms with van der Waals surface area (Å²) in [6.45, 7) is 2.27. The first kappa shape index (κ1) is 15.6. The fraction of sp³-hybridized carbons (Fsp3) is 0.176. The topological polar surface area (TPSA) is 67.4 Å². The van der Waals surface area contributed by atoms with Crippen LogP contribution in [0.2, 0.25) is 0 Å². The van der Waals surface area contributed by atoms with Crippen molar-refractivity contribution in [1.82, 2.24) is 5.32 Å². The molecule has 0 aliphatic heterocycles. The molecular weight excluding hydrogens is 280 g/mol. The van der Waals surface area contributed by atoms with Gasteiger partial charge in [-0.15, -0.1) is 0 Å². The first-order valence-electron chi connectivity index (χ1n) is 6.88. The van der Waals surface area contributed by atoms with Gasteiger partial charge >= 0.3 is 11.8 Å². The fourth-order valence-electron chi connectivity index (χ4n) is 1.95. The van der Waals surface area contributed by atoms with Gasteiger partial charge in [-0.2, -0.15) is 0 Å². The number of aryl methyl sites for hydroxylation is 1. The van der Waals surface area contributed by atoms with Crippen LogP contribution in [-0.2, 0) is 16.1 Å². The number of methoxy groups -OCH3 is 1. The van der Waals surface area contributed by atoms with Crippen molar-refractivity contribution >= 4 is 17.5 Å². The lowest BCUT2D eigenvalue weighted by atomic mass is 10.1. The summed E-state index contributed by atoms with van der Waals surface area (Å²) in [4.78, 5) is 23.7. The van der Waals surface area contributed by atoms with Crippen molar-refractivity contribution in [2.75, 3.05) is 12.4 Å². The van der Waals surface area contributed by atoms with Gasteiger partial charge in [0.25, 0.3) is 0 Å². The van der Waals surface area contributed by atoms with Crippen LogP contribution in [0.4, 0.5) is 5.69 Å². The quantitative estimate of drug-likeness (QED) is 0.851. The van der Waals surface area contributed by atoms with E-state index < -0.39 is 11.8 Å². The lowest BCUT2D eigenvalue weighted by molar-refractivity contribution is -0.136. The number of hydrogen-bond donors (Lipinski definition) is 2. The van der Waals surface area contributed by atoms with Crippen molar-refractivity contribution < 1.29 is 14.3 Å². The highest BCUT2D eigenvalue weighted by Gasteiger charge is 2.13. The highest BCUT2D eigenvalue weighted by Crippen LogP contribution is 2.16. The number of carbonyl (C=O) groups is 2. The Morgan fingerprint density at radius 3 is 2.55 bits per heavy atom.